The average molecular weight is 208 g/mol. The summed E-state index contributed by atoms with van der Waals surface area (Å²) in [6.07, 6.45) is 3.27. The van der Waals surface area contributed by atoms with Crippen molar-refractivity contribution in [1.82, 2.24) is 9.88 Å². The Hall–Kier alpha value is -1.38. The van der Waals surface area contributed by atoms with Gasteiger partial charge in [0, 0.05) is 31.0 Å². The summed E-state index contributed by atoms with van der Waals surface area (Å²) in [4.78, 5) is 17.4. The Bertz CT molecular complexity index is 268. The molecule has 0 saturated carbocycles. The Morgan fingerprint density at radius 3 is 2.07 bits per heavy atom. The summed E-state index contributed by atoms with van der Waals surface area (Å²) in [5, 5.41) is 0. The van der Waals surface area contributed by atoms with Crippen molar-refractivity contribution in [2.24, 2.45) is 0 Å². The van der Waals surface area contributed by atoms with E-state index in [-0.39, 0.29) is 5.91 Å². The van der Waals surface area contributed by atoms with Crippen molar-refractivity contribution >= 4 is 5.91 Å². The average Bonchev–Trinajstić information content (AvgIpc) is 2.34. The van der Waals surface area contributed by atoms with E-state index in [1.54, 1.807) is 29.4 Å². The highest BCUT2D eigenvalue weighted by Gasteiger charge is 2.10. The number of carbonyl (C=O) groups excluding carboxylic acids is 1. The van der Waals surface area contributed by atoms with Gasteiger partial charge in [-0.3, -0.25) is 9.78 Å². The van der Waals surface area contributed by atoms with Crippen molar-refractivity contribution in [2.45, 2.75) is 27.7 Å². The maximum absolute atomic E-state index is 11.7. The molecule has 1 amide bonds. The molecule has 1 heterocycles. The van der Waals surface area contributed by atoms with E-state index in [1.807, 2.05) is 27.7 Å². The van der Waals surface area contributed by atoms with Crippen LogP contribution in [-0.2, 0) is 0 Å². The highest BCUT2D eigenvalue weighted by molar-refractivity contribution is 5.93. The van der Waals surface area contributed by atoms with Crippen molar-refractivity contribution in [2.75, 3.05) is 13.1 Å². The SMILES string of the molecule is CC.CCN(CC)C(=O)c1ccncc1. The van der Waals surface area contributed by atoms with Gasteiger partial charge < -0.3 is 4.90 Å². The molecule has 0 bridgehead atoms. The molecular formula is C12H20N2O. The molecule has 0 aliphatic rings. The molecule has 0 aliphatic carbocycles. The zero-order valence-electron chi connectivity index (χ0n) is 10.0. The molecule has 0 atom stereocenters. The van der Waals surface area contributed by atoms with Gasteiger partial charge in [-0.15, -0.1) is 0 Å². The quantitative estimate of drug-likeness (QED) is 0.765. The maximum atomic E-state index is 11.7. The second-order valence-electron chi connectivity index (χ2n) is 2.71. The molecule has 0 saturated heterocycles. The maximum Gasteiger partial charge on any atom is 0.253 e. The van der Waals surface area contributed by atoms with E-state index >= 15 is 0 Å². The fraction of sp³-hybridized carbons (Fsp3) is 0.500. The fourth-order valence-corrected chi connectivity index (χ4v) is 1.19. The topological polar surface area (TPSA) is 33.2 Å². The minimum absolute atomic E-state index is 0.0763. The van der Waals surface area contributed by atoms with E-state index in [9.17, 15) is 4.79 Å². The van der Waals surface area contributed by atoms with Gasteiger partial charge >= 0.3 is 0 Å². The van der Waals surface area contributed by atoms with Crippen molar-refractivity contribution in [3.63, 3.8) is 0 Å². The summed E-state index contributed by atoms with van der Waals surface area (Å²) in [5.41, 5.74) is 0.707. The van der Waals surface area contributed by atoms with Gasteiger partial charge in [-0.05, 0) is 26.0 Å². The van der Waals surface area contributed by atoms with Crippen LogP contribution in [-0.4, -0.2) is 28.9 Å². The Morgan fingerprint density at radius 2 is 1.67 bits per heavy atom. The van der Waals surface area contributed by atoms with Gasteiger partial charge in [0.05, 0.1) is 0 Å². The summed E-state index contributed by atoms with van der Waals surface area (Å²) >= 11 is 0. The third-order valence-electron chi connectivity index (χ3n) is 1.98. The zero-order valence-corrected chi connectivity index (χ0v) is 10.0. The first-order chi connectivity index (χ1) is 7.29. The Labute approximate surface area is 92.1 Å². The van der Waals surface area contributed by atoms with E-state index in [4.69, 9.17) is 0 Å². The molecule has 0 radical (unpaired) electrons. The van der Waals surface area contributed by atoms with Gasteiger partial charge in [-0.2, -0.15) is 0 Å². The summed E-state index contributed by atoms with van der Waals surface area (Å²) in [7, 11) is 0. The molecule has 15 heavy (non-hydrogen) atoms. The first-order valence-electron chi connectivity index (χ1n) is 5.48. The highest BCUT2D eigenvalue weighted by Crippen LogP contribution is 2.02. The van der Waals surface area contributed by atoms with Crippen LogP contribution in [0.25, 0.3) is 0 Å². The number of rotatable bonds is 3. The van der Waals surface area contributed by atoms with Crippen LogP contribution in [0.5, 0.6) is 0 Å². The normalized spacial score (nSPS) is 8.80. The van der Waals surface area contributed by atoms with Gasteiger partial charge in [0.25, 0.3) is 5.91 Å². The predicted molar refractivity (Wildman–Crippen MR) is 62.8 cm³/mol. The van der Waals surface area contributed by atoms with Gasteiger partial charge in [-0.1, -0.05) is 13.8 Å². The second kappa shape index (κ2) is 7.97. The number of hydrogen-bond donors (Lipinski definition) is 0. The molecule has 0 aliphatic heterocycles. The van der Waals surface area contributed by atoms with Gasteiger partial charge in [0.1, 0.15) is 0 Å². The summed E-state index contributed by atoms with van der Waals surface area (Å²) in [6.45, 7) is 9.44. The molecule has 0 unspecified atom stereocenters. The van der Waals surface area contributed by atoms with Gasteiger partial charge in [0.15, 0.2) is 0 Å². The largest absolute Gasteiger partial charge is 0.339 e. The van der Waals surface area contributed by atoms with E-state index in [2.05, 4.69) is 4.98 Å². The summed E-state index contributed by atoms with van der Waals surface area (Å²) in [6, 6.07) is 3.47. The van der Waals surface area contributed by atoms with Crippen LogP contribution in [0, 0.1) is 0 Å². The highest BCUT2D eigenvalue weighted by atomic mass is 16.2. The van der Waals surface area contributed by atoms with Crippen molar-refractivity contribution in [3.05, 3.63) is 30.1 Å². The van der Waals surface area contributed by atoms with Crippen LogP contribution in [0.3, 0.4) is 0 Å². The van der Waals surface area contributed by atoms with Crippen LogP contribution < -0.4 is 0 Å². The van der Waals surface area contributed by atoms with Crippen molar-refractivity contribution in [3.8, 4) is 0 Å². The van der Waals surface area contributed by atoms with Gasteiger partial charge in [-0.25, -0.2) is 0 Å². The predicted octanol–water partition coefficient (Wildman–Crippen LogP) is 2.59. The molecule has 1 aromatic rings. The molecule has 3 heteroatoms. The molecule has 1 rings (SSSR count). The Kier molecular flexibility index (Phi) is 7.24. The third kappa shape index (κ3) is 4.11. The first kappa shape index (κ1) is 13.6. The smallest absolute Gasteiger partial charge is 0.253 e. The molecule has 0 fully saturated rings. The van der Waals surface area contributed by atoms with Crippen LogP contribution in [0.4, 0.5) is 0 Å². The van der Waals surface area contributed by atoms with E-state index in [0.717, 1.165) is 13.1 Å². The third-order valence-corrected chi connectivity index (χ3v) is 1.98. The number of carbonyl (C=O) groups is 1. The molecule has 3 nitrogen and oxygen atoms in total. The minimum Gasteiger partial charge on any atom is -0.339 e. The fourth-order valence-electron chi connectivity index (χ4n) is 1.19. The first-order valence-corrected chi connectivity index (χ1v) is 5.48. The number of hydrogen-bond acceptors (Lipinski definition) is 2. The van der Waals surface area contributed by atoms with Gasteiger partial charge in [0.2, 0.25) is 0 Å². The Morgan fingerprint density at radius 1 is 1.20 bits per heavy atom. The lowest BCUT2D eigenvalue weighted by molar-refractivity contribution is 0.0773. The van der Waals surface area contributed by atoms with E-state index in [0.29, 0.717) is 5.56 Å². The standard InChI is InChI=1S/C10H14N2O.C2H6/c1-3-12(4-2)10(13)9-5-7-11-8-6-9;1-2/h5-8H,3-4H2,1-2H3;1-2H3. The zero-order chi connectivity index (χ0) is 11.7. The molecular weight excluding hydrogens is 188 g/mol. The van der Waals surface area contributed by atoms with E-state index in [1.165, 1.54) is 0 Å². The van der Waals surface area contributed by atoms with Crippen LogP contribution in [0.2, 0.25) is 0 Å². The lowest BCUT2D eigenvalue weighted by Gasteiger charge is -2.18. The monoisotopic (exact) mass is 208 g/mol. The number of nitrogens with zero attached hydrogens (tertiary/aromatic N) is 2. The lowest BCUT2D eigenvalue weighted by Crippen LogP contribution is -2.30. The van der Waals surface area contributed by atoms with E-state index < -0.39 is 0 Å². The minimum atomic E-state index is 0.0763. The second-order valence-corrected chi connectivity index (χ2v) is 2.71. The molecule has 0 aromatic carbocycles. The summed E-state index contributed by atoms with van der Waals surface area (Å²) in [5.74, 6) is 0.0763. The molecule has 84 valence electrons. The lowest BCUT2D eigenvalue weighted by atomic mass is 10.2. The van der Waals surface area contributed by atoms with Crippen molar-refractivity contribution < 1.29 is 4.79 Å². The number of aromatic nitrogens is 1. The summed E-state index contributed by atoms with van der Waals surface area (Å²) < 4.78 is 0. The van der Waals surface area contributed by atoms with Crippen molar-refractivity contribution in [1.29, 1.82) is 0 Å². The van der Waals surface area contributed by atoms with Crippen LogP contribution in [0.15, 0.2) is 24.5 Å². The van der Waals surface area contributed by atoms with Crippen LogP contribution >= 0.6 is 0 Å². The molecule has 0 spiro atoms. The van der Waals surface area contributed by atoms with Crippen LogP contribution in [0.1, 0.15) is 38.1 Å². The Balaban J connectivity index is 0.000000921. The number of amides is 1. The number of pyridine rings is 1. The molecule has 0 N–H and O–H groups in total. The molecule has 1 aromatic heterocycles.